The number of hydrogen-bond acceptors (Lipinski definition) is 3. The van der Waals surface area contributed by atoms with E-state index in [1.807, 2.05) is 25.8 Å². The van der Waals surface area contributed by atoms with Crippen LogP contribution in [-0.2, 0) is 4.79 Å². The molecule has 2 heterocycles. The monoisotopic (exact) mass is 431 g/mol. The molecule has 2 saturated carbocycles. The fourth-order valence-electron chi connectivity index (χ4n) is 6.13. The molecule has 0 aromatic heterocycles. The number of nitrogens with one attached hydrogen (secondary N) is 1. The van der Waals surface area contributed by atoms with Crippen LogP contribution in [0.3, 0.4) is 0 Å². The van der Waals surface area contributed by atoms with E-state index in [0.29, 0.717) is 17.2 Å². The Balaban J connectivity index is 1.56. The van der Waals surface area contributed by atoms with E-state index < -0.39 is 11.2 Å². The van der Waals surface area contributed by atoms with Crippen molar-refractivity contribution in [2.24, 2.45) is 16.7 Å². The molecule has 5 nitrogen and oxygen atoms in total. The summed E-state index contributed by atoms with van der Waals surface area (Å²) in [5.74, 6) is 0.0168. The highest BCUT2D eigenvalue weighted by Gasteiger charge is 2.56. The number of hydrogen-bond donors (Lipinski definition) is 2. The highest BCUT2D eigenvalue weighted by Crippen LogP contribution is 2.56. The number of nitrogens with zero attached hydrogens (tertiary/aromatic N) is 2. The van der Waals surface area contributed by atoms with Gasteiger partial charge in [0.15, 0.2) is 0 Å². The summed E-state index contributed by atoms with van der Waals surface area (Å²) >= 11 is 6.23. The summed E-state index contributed by atoms with van der Waals surface area (Å²) in [6, 6.07) is 5.74. The molecule has 4 aliphatic rings. The van der Waals surface area contributed by atoms with Gasteiger partial charge in [-0.2, -0.15) is 5.26 Å². The van der Waals surface area contributed by atoms with Crippen molar-refractivity contribution in [1.82, 2.24) is 4.90 Å². The lowest BCUT2D eigenvalue weighted by Gasteiger charge is -2.59. The van der Waals surface area contributed by atoms with Crippen LogP contribution in [0.15, 0.2) is 12.1 Å². The molecule has 4 fully saturated rings. The van der Waals surface area contributed by atoms with Crippen molar-refractivity contribution in [3.63, 3.8) is 0 Å². The molecule has 2 saturated heterocycles. The Morgan fingerprint density at radius 1 is 1.37 bits per heavy atom. The molecule has 4 bridgehead atoms. The van der Waals surface area contributed by atoms with Crippen LogP contribution in [0.25, 0.3) is 0 Å². The molecule has 160 valence electrons. The van der Waals surface area contributed by atoms with Gasteiger partial charge < -0.3 is 15.6 Å². The molecule has 1 aromatic carbocycles. The number of amides is 1. The molecule has 2 aliphatic carbocycles. The number of halogens is 2. The molecular weight excluding hydrogens is 403 g/mol. The quantitative estimate of drug-likeness (QED) is 0.549. The van der Waals surface area contributed by atoms with Crippen molar-refractivity contribution >= 4 is 28.9 Å². The Morgan fingerprint density at radius 3 is 2.57 bits per heavy atom. The second-order valence-corrected chi connectivity index (χ2v) is 10.4. The highest BCUT2D eigenvalue weighted by atomic mass is 35.5. The lowest BCUT2D eigenvalue weighted by molar-refractivity contribution is -0.539. The van der Waals surface area contributed by atoms with Crippen LogP contribution in [0.4, 0.5) is 10.1 Å². The average molecular weight is 432 g/mol. The molecule has 2 unspecified atom stereocenters. The first-order valence-electron chi connectivity index (χ1n) is 10.7. The van der Waals surface area contributed by atoms with E-state index in [0.717, 1.165) is 32.1 Å². The Hall–Kier alpha value is -1.97. The van der Waals surface area contributed by atoms with Crippen molar-refractivity contribution in [3.8, 4) is 6.07 Å². The standard InChI is InChI=1S/C23H28ClFN4O/c1-22(2,21(27)19-17(28-3)5-4-16(25)20(19)24)11-18(30)29-14-6-13-7-15(29)10-23(8-13,9-14)12-26/h4-5,13-15,27-28H,6-11H2,1-3H3/p+1. The van der Waals surface area contributed by atoms with Crippen LogP contribution in [0.1, 0.15) is 57.9 Å². The zero-order valence-corrected chi connectivity index (χ0v) is 18.5. The summed E-state index contributed by atoms with van der Waals surface area (Å²) in [6.07, 6.45) is 4.64. The minimum Gasteiger partial charge on any atom is -0.337 e. The SMILES string of the molecule is C[NH2+]c1ccc(F)c(Cl)c1C(=N)C(C)(C)CC(=O)N1C2CC3CC1CC(C#N)(C3)C2. The first kappa shape index (κ1) is 21.3. The Kier molecular flexibility index (Phi) is 5.19. The smallest absolute Gasteiger partial charge is 0.224 e. The number of piperidine rings is 2. The van der Waals surface area contributed by atoms with Gasteiger partial charge >= 0.3 is 0 Å². The predicted molar refractivity (Wildman–Crippen MR) is 113 cm³/mol. The van der Waals surface area contributed by atoms with E-state index in [9.17, 15) is 14.4 Å². The summed E-state index contributed by atoms with van der Waals surface area (Å²) in [5, 5.41) is 20.2. The van der Waals surface area contributed by atoms with E-state index in [4.69, 9.17) is 17.0 Å². The van der Waals surface area contributed by atoms with Gasteiger partial charge in [-0.3, -0.25) is 4.79 Å². The molecule has 0 spiro atoms. The van der Waals surface area contributed by atoms with Crippen molar-refractivity contribution < 1.29 is 14.5 Å². The van der Waals surface area contributed by atoms with Gasteiger partial charge in [0.05, 0.1) is 34.8 Å². The Labute approximate surface area is 182 Å². The van der Waals surface area contributed by atoms with Gasteiger partial charge in [-0.1, -0.05) is 25.4 Å². The number of nitrogens with two attached hydrogens (primary N) is 1. The maximum Gasteiger partial charge on any atom is 0.224 e. The van der Waals surface area contributed by atoms with Gasteiger partial charge in [-0.05, 0) is 44.1 Å². The zero-order valence-electron chi connectivity index (χ0n) is 17.8. The third-order valence-corrected chi connectivity index (χ3v) is 7.78. The van der Waals surface area contributed by atoms with Crippen LogP contribution >= 0.6 is 11.6 Å². The van der Waals surface area contributed by atoms with Crippen LogP contribution in [0.2, 0.25) is 5.02 Å². The van der Waals surface area contributed by atoms with E-state index in [1.165, 1.54) is 6.07 Å². The van der Waals surface area contributed by atoms with E-state index in [-0.39, 0.29) is 40.6 Å². The third-order valence-electron chi connectivity index (χ3n) is 7.41. The van der Waals surface area contributed by atoms with E-state index in [2.05, 4.69) is 6.07 Å². The zero-order chi connectivity index (χ0) is 21.8. The minimum absolute atomic E-state index is 0.0289. The first-order chi connectivity index (χ1) is 14.1. The molecule has 3 N–H and O–H groups in total. The van der Waals surface area contributed by atoms with Gasteiger partial charge in [0.2, 0.25) is 5.91 Å². The molecule has 2 aliphatic heterocycles. The van der Waals surface area contributed by atoms with Gasteiger partial charge in [-0.25, -0.2) is 4.39 Å². The third kappa shape index (κ3) is 3.33. The lowest BCUT2D eigenvalue weighted by atomic mass is 9.56. The molecule has 30 heavy (non-hydrogen) atoms. The van der Waals surface area contributed by atoms with Gasteiger partial charge in [0, 0.05) is 30.0 Å². The normalized spacial score (nSPS) is 29.7. The van der Waals surface area contributed by atoms with Crippen molar-refractivity contribution in [2.45, 2.75) is 64.5 Å². The maximum absolute atomic E-state index is 14.1. The van der Waals surface area contributed by atoms with Crippen molar-refractivity contribution in [3.05, 3.63) is 28.5 Å². The number of quaternary nitrogens is 1. The van der Waals surface area contributed by atoms with E-state index >= 15 is 0 Å². The number of carbonyl (C=O) groups excluding carboxylic acids is 1. The number of rotatable bonds is 5. The molecule has 7 heteroatoms. The number of benzene rings is 1. The number of nitriles is 1. The van der Waals surface area contributed by atoms with Crippen LogP contribution < -0.4 is 5.32 Å². The second-order valence-electron chi connectivity index (χ2n) is 10.0. The number of carbonyl (C=O) groups is 1. The maximum atomic E-state index is 14.1. The fourth-order valence-corrected chi connectivity index (χ4v) is 6.39. The largest absolute Gasteiger partial charge is 0.337 e. The lowest BCUT2D eigenvalue weighted by Crippen LogP contribution is -2.73. The van der Waals surface area contributed by atoms with Crippen molar-refractivity contribution in [2.75, 3.05) is 7.05 Å². The fraction of sp³-hybridized carbons (Fsp3) is 0.609. The molecule has 5 rings (SSSR count). The topological polar surface area (TPSA) is 84.6 Å². The molecule has 1 amide bonds. The van der Waals surface area contributed by atoms with Gasteiger partial charge in [-0.15, -0.1) is 0 Å². The Bertz CT molecular complexity index is 937. The predicted octanol–water partition coefficient (Wildman–Crippen LogP) is 3.77. The molecule has 1 aromatic rings. The Morgan fingerprint density at radius 2 is 2.00 bits per heavy atom. The van der Waals surface area contributed by atoms with Gasteiger partial charge in [0.1, 0.15) is 11.5 Å². The first-order valence-corrected chi connectivity index (χ1v) is 11.1. The molecular formula is C23H29ClFN4O+. The summed E-state index contributed by atoms with van der Waals surface area (Å²) in [6.45, 7) is 3.70. The van der Waals surface area contributed by atoms with Gasteiger partial charge in [0.25, 0.3) is 0 Å². The minimum atomic E-state index is -0.798. The summed E-state index contributed by atoms with van der Waals surface area (Å²) in [7, 11) is 1.82. The highest BCUT2D eigenvalue weighted by molar-refractivity contribution is 6.35. The van der Waals surface area contributed by atoms with Crippen LogP contribution in [0.5, 0.6) is 0 Å². The van der Waals surface area contributed by atoms with Crippen LogP contribution in [0, 0.1) is 39.3 Å². The van der Waals surface area contributed by atoms with Crippen LogP contribution in [-0.4, -0.2) is 35.7 Å². The molecule has 2 atom stereocenters. The summed E-state index contributed by atoms with van der Waals surface area (Å²) < 4.78 is 14.1. The molecule has 0 radical (unpaired) electrons. The van der Waals surface area contributed by atoms with Crippen molar-refractivity contribution in [1.29, 1.82) is 10.7 Å². The summed E-state index contributed by atoms with van der Waals surface area (Å²) in [4.78, 5) is 15.4. The van der Waals surface area contributed by atoms with E-state index in [1.54, 1.807) is 11.4 Å². The summed E-state index contributed by atoms with van der Waals surface area (Å²) in [5.41, 5.74) is 0.176. The second kappa shape index (κ2) is 7.32. The average Bonchev–Trinajstić information content (AvgIpc) is 2.68.